The van der Waals surface area contributed by atoms with Crippen LogP contribution in [0.15, 0.2) is 66.2 Å². The zero-order valence-corrected chi connectivity index (χ0v) is 20.0. The first-order valence-corrected chi connectivity index (χ1v) is 11.0. The van der Waals surface area contributed by atoms with Crippen molar-refractivity contribution in [2.75, 3.05) is 17.2 Å². The molecule has 0 saturated heterocycles. The third-order valence-corrected chi connectivity index (χ3v) is 5.47. The molecule has 0 fully saturated rings. The van der Waals surface area contributed by atoms with E-state index in [1.165, 1.54) is 12.1 Å². The lowest BCUT2D eigenvalue weighted by Gasteiger charge is -2.12. The van der Waals surface area contributed by atoms with Crippen molar-refractivity contribution in [3.05, 3.63) is 93.0 Å². The van der Waals surface area contributed by atoms with Gasteiger partial charge in [-0.2, -0.15) is 5.26 Å². The van der Waals surface area contributed by atoms with Crippen LogP contribution in [0.1, 0.15) is 16.7 Å². The Hall–Kier alpha value is -3.79. The second kappa shape index (κ2) is 11.4. The third-order valence-electron chi connectivity index (χ3n) is 4.91. The quantitative estimate of drug-likeness (QED) is 0.304. The molecule has 6 nitrogen and oxygen atoms in total. The van der Waals surface area contributed by atoms with E-state index in [0.29, 0.717) is 27.0 Å². The highest BCUT2D eigenvalue weighted by Gasteiger charge is 2.14. The number of carbonyl (C=O) groups is 2. The van der Waals surface area contributed by atoms with Crippen LogP contribution in [0.5, 0.6) is 5.75 Å². The summed E-state index contributed by atoms with van der Waals surface area (Å²) in [7, 11) is 0. The standard InChI is InChI=1S/C26H21Cl2N3O3/c1-16-7-9-21(11-17(16)2)30-25(32)15-34-24-10-8-20(27)13-18(24)12-19(14-29)26(33)31-23-6-4-3-5-22(23)28/h3-13H,15H2,1-2H3,(H,30,32)(H,31,33)/b19-12+. The summed E-state index contributed by atoms with van der Waals surface area (Å²) >= 11 is 12.2. The maximum absolute atomic E-state index is 12.6. The van der Waals surface area contributed by atoms with Crippen LogP contribution in [0, 0.1) is 25.2 Å². The Balaban J connectivity index is 1.75. The molecule has 0 aliphatic heterocycles. The average Bonchev–Trinajstić information content (AvgIpc) is 2.80. The molecule has 172 valence electrons. The molecule has 34 heavy (non-hydrogen) atoms. The predicted molar refractivity (Wildman–Crippen MR) is 135 cm³/mol. The normalized spacial score (nSPS) is 10.9. The maximum atomic E-state index is 12.6. The van der Waals surface area contributed by atoms with E-state index in [1.54, 1.807) is 36.4 Å². The number of amides is 2. The van der Waals surface area contributed by atoms with Crippen molar-refractivity contribution >= 4 is 52.5 Å². The van der Waals surface area contributed by atoms with E-state index in [2.05, 4.69) is 10.6 Å². The minimum Gasteiger partial charge on any atom is -0.483 e. The van der Waals surface area contributed by atoms with Gasteiger partial charge in [0.25, 0.3) is 11.8 Å². The van der Waals surface area contributed by atoms with Gasteiger partial charge in [0.05, 0.1) is 10.7 Å². The molecule has 3 rings (SSSR count). The van der Waals surface area contributed by atoms with E-state index >= 15 is 0 Å². The second-order valence-electron chi connectivity index (χ2n) is 7.42. The minimum absolute atomic E-state index is 0.188. The van der Waals surface area contributed by atoms with Gasteiger partial charge in [0, 0.05) is 16.3 Å². The lowest BCUT2D eigenvalue weighted by Crippen LogP contribution is -2.20. The van der Waals surface area contributed by atoms with E-state index in [9.17, 15) is 14.9 Å². The Morgan fingerprint density at radius 3 is 2.47 bits per heavy atom. The number of aryl methyl sites for hydroxylation is 2. The van der Waals surface area contributed by atoms with E-state index in [-0.39, 0.29) is 23.8 Å². The van der Waals surface area contributed by atoms with Gasteiger partial charge in [-0.05, 0) is 73.5 Å². The lowest BCUT2D eigenvalue weighted by molar-refractivity contribution is -0.118. The molecule has 0 spiro atoms. The second-order valence-corrected chi connectivity index (χ2v) is 8.27. The molecule has 0 radical (unpaired) electrons. The number of hydrogen-bond acceptors (Lipinski definition) is 4. The molecule has 2 amide bonds. The summed E-state index contributed by atoms with van der Waals surface area (Å²) in [6.07, 6.45) is 1.34. The number of halogens is 2. The fourth-order valence-corrected chi connectivity index (χ4v) is 3.34. The summed E-state index contributed by atoms with van der Waals surface area (Å²) in [5.41, 5.74) is 3.41. The van der Waals surface area contributed by atoms with E-state index in [1.807, 2.05) is 38.1 Å². The summed E-state index contributed by atoms with van der Waals surface area (Å²) in [4.78, 5) is 25.0. The van der Waals surface area contributed by atoms with Crippen LogP contribution < -0.4 is 15.4 Å². The largest absolute Gasteiger partial charge is 0.483 e. The fraction of sp³-hybridized carbons (Fsp3) is 0.115. The molecule has 0 aliphatic rings. The Morgan fingerprint density at radius 1 is 1.00 bits per heavy atom. The first-order chi connectivity index (χ1) is 16.3. The molecular weight excluding hydrogens is 473 g/mol. The summed E-state index contributed by atoms with van der Waals surface area (Å²) in [5, 5.41) is 15.6. The molecule has 0 aliphatic carbocycles. The molecule has 0 aromatic heterocycles. The van der Waals surface area contributed by atoms with Gasteiger partial charge < -0.3 is 15.4 Å². The topological polar surface area (TPSA) is 91.2 Å². The number of nitrogens with one attached hydrogen (secondary N) is 2. The van der Waals surface area contributed by atoms with Crippen LogP contribution in [0.4, 0.5) is 11.4 Å². The van der Waals surface area contributed by atoms with Crippen molar-refractivity contribution < 1.29 is 14.3 Å². The zero-order chi connectivity index (χ0) is 24.7. The van der Waals surface area contributed by atoms with E-state index < -0.39 is 5.91 Å². The van der Waals surface area contributed by atoms with Gasteiger partial charge in [-0.1, -0.05) is 41.4 Å². The van der Waals surface area contributed by atoms with E-state index in [4.69, 9.17) is 27.9 Å². The third kappa shape index (κ3) is 6.61. The van der Waals surface area contributed by atoms with Crippen LogP contribution in [0.3, 0.4) is 0 Å². The summed E-state index contributed by atoms with van der Waals surface area (Å²) < 4.78 is 5.67. The van der Waals surface area contributed by atoms with Crippen LogP contribution >= 0.6 is 23.2 Å². The van der Waals surface area contributed by atoms with Crippen LogP contribution in [-0.2, 0) is 9.59 Å². The molecule has 3 aromatic rings. The average molecular weight is 494 g/mol. The minimum atomic E-state index is -0.644. The number of ether oxygens (including phenoxy) is 1. The van der Waals surface area contributed by atoms with Crippen molar-refractivity contribution in [1.82, 2.24) is 0 Å². The molecule has 0 saturated carbocycles. The Morgan fingerprint density at radius 2 is 1.76 bits per heavy atom. The van der Waals surface area contributed by atoms with Gasteiger partial charge in [-0.25, -0.2) is 0 Å². The number of nitriles is 1. The van der Waals surface area contributed by atoms with Crippen LogP contribution in [0.25, 0.3) is 6.08 Å². The molecule has 0 heterocycles. The highest BCUT2D eigenvalue weighted by atomic mass is 35.5. The smallest absolute Gasteiger partial charge is 0.266 e. The first-order valence-electron chi connectivity index (χ1n) is 10.2. The number of benzene rings is 3. The predicted octanol–water partition coefficient (Wildman–Crippen LogP) is 6.17. The van der Waals surface area contributed by atoms with Crippen molar-refractivity contribution in [1.29, 1.82) is 5.26 Å². The van der Waals surface area contributed by atoms with Crippen molar-refractivity contribution in [3.63, 3.8) is 0 Å². The molecular formula is C26H21Cl2N3O3. The SMILES string of the molecule is Cc1ccc(NC(=O)COc2ccc(Cl)cc2/C=C(\C#N)C(=O)Nc2ccccc2Cl)cc1C. The number of carbonyl (C=O) groups excluding carboxylic acids is 2. The molecule has 8 heteroatoms. The van der Waals surface area contributed by atoms with E-state index in [0.717, 1.165) is 11.1 Å². The molecule has 0 unspecified atom stereocenters. The summed E-state index contributed by atoms with van der Waals surface area (Å²) in [5.74, 6) is -0.711. The van der Waals surface area contributed by atoms with Gasteiger partial charge in [0.2, 0.25) is 0 Å². The number of para-hydroxylation sites is 1. The van der Waals surface area contributed by atoms with Gasteiger partial charge in [-0.3, -0.25) is 9.59 Å². The maximum Gasteiger partial charge on any atom is 0.266 e. The number of anilines is 2. The Bertz CT molecular complexity index is 1310. The number of nitrogens with zero attached hydrogens (tertiary/aromatic N) is 1. The summed E-state index contributed by atoms with van der Waals surface area (Å²) in [6.45, 7) is 3.68. The van der Waals surface area contributed by atoms with Crippen LogP contribution in [0.2, 0.25) is 10.0 Å². The molecule has 0 bridgehead atoms. The molecule has 0 atom stereocenters. The Kier molecular flexibility index (Phi) is 8.31. The number of rotatable bonds is 7. The van der Waals surface area contributed by atoms with Gasteiger partial charge in [-0.15, -0.1) is 0 Å². The monoisotopic (exact) mass is 493 g/mol. The Labute approximate surface area is 207 Å². The van der Waals surface area contributed by atoms with Crippen molar-refractivity contribution in [2.45, 2.75) is 13.8 Å². The van der Waals surface area contributed by atoms with Crippen molar-refractivity contribution in [3.8, 4) is 11.8 Å². The van der Waals surface area contributed by atoms with Crippen molar-refractivity contribution in [2.24, 2.45) is 0 Å². The first kappa shape index (κ1) is 24.8. The molecule has 2 N–H and O–H groups in total. The lowest BCUT2D eigenvalue weighted by atomic mass is 10.1. The molecule has 3 aromatic carbocycles. The zero-order valence-electron chi connectivity index (χ0n) is 18.5. The highest BCUT2D eigenvalue weighted by Crippen LogP contribution is 2.27. The van der Waals surface area contributed by atoms with Gasteiger partial charge in [0.15, 0.2) is 6.61 Å². The summed E-state index contributed by atoms with van der Waals surface area (Å²) in [6, 6.07) is 18.9. The highest BCUT2D eigenvalue weighted by molar-refractivity contribution is 6.34. The van der Waals surface area contributed by atoms with Gasteiger partial charge in [0.1, 0.15) is 17.4 Å². The fourth-order valence-electron chi connectivity index (χ4n) is 2.98. The number of hydrogen-bond donors (Lipinski definition) is 2. The van der Waals surface area contributed by atoms with Crippen LogP contribution in [-0.4, -0.2) is 18.4 Å². The van der Waals surface area contributed by atoms with Gasteiger partial charge >= 0.3 is 0 Å².